The van der Waals surface area contributed by atoms with Crippen LogP contribution < -0.4 is 0 Å². The van der Waals surface area contributed by atoms with Crippen LogP contribution in [0.3, 0.4) is 0 Å². The second-order valence-electron chi connectivity index (χ2n) is 3.05. The van der Waals surface area contributed by atoms with Gasteiger partial charge in [0.1, 0.15) is 5.76 Å². The number of rotatable bonds is 1. The van der Waals surface area contributed by atoms with E-state index in [1.807, 2.05) is 6.92 Å². The molecule has 0 aliphatic heterocycles. The molecule has 0 bridgehead atoms. The van der Waals surface area contributed by atoms with Crippen LogP contribution in [0.5, 0.6) is 0 Å². The first-order valence-corrected chi connectivity index (χ1v) is 3.65. The van der Waals surface area contributed by atoms with Gasteiger partial charge in [0.2, 0.25) is 0 Å². The van der Waals surface area contributed by atoms with Crippen LogP contribution in [0.4, 0.5) is 0 Å². The fourth-order valence-electron chi connectivity index (χ4n) is 1.35. The second-order valence-corrected chi connectivity index (χ2v) is 3.05. The van der Waals surface area contributed by atoms with Crippen molar-refractivity contribution < 1.29 is 15.0 Å². The monoisotopic (exact) mass is 156 g/mol. The molecule has 11 heavy (non-hydrogen) atoms. The molecular weight excluding hydrogens is 144 g/mol. The predicted octanol–water partition coefficient (Wildman–Crippen LogP) is 0.644. The summed E-state index contributed by atoms with van der Waals surface area (Å²) in [6.07, 6.45) is -0.262. The molecule has 0 aromatic rings. The quantitative estimate of drug-likeness (QED) is 0.548. The van der Waals surface area contributed by atoms with E-state index in [9.17, 15) is 15.0 Å². The Morgan fingerprint density at radius 1 is 1.45 bits per heavy atom. The highest BCUT2D eigenvalue weighted by Crippen LogP contribution is 2.34. The highest BCUT2D eigenvalue weighted by Gasteiger charge is 2.36. The van der Waals surface area contributed by atoms with Gasteiger partial charge in [-0.2, -0.15) is 0 Å². The van der Waals surface area contributed by atoms with Crippen molar-refractivity contribution in [2.24, 2.45) is 11.8 Å². The van der Waals surface area contributed by atoms with Crippen LogP contribution in [0, 0.1) is 11.8 Å². The van der Waals surface area contributed by atoms with E-state index in [1.165, 1.54) is 0 Å². The van der Waals surface area contributed by atoms with Gasteiger partial charge in [0.25, 0.3) is 0 Å². The minimum atomic E-state index is -0.789. The third-order valence-corrected chi connectivity index (χ3v) is 2.46. The molecule has 0 radical (unpaired) electrons. The third-order valence-electron chi connectivity index (χ3n) is 2.46. The van der Waals surface area contributed by atoms with Gasteiger partial charge < -0.3 is 10.2 Å². The average Bonchev–Trinajstić information content (AvgIpc) is 2.17. The predicted molar refractivity (Wildman–Crippen MR) is 40.1 cm³/mol. The molecule has 3 unspecified atom stereocenters. The van der Waals surface area contributed by atoms with Crippen LogP contribution in [0.1, 0.15) is 13.8 Å². The first kappa shape index (κ1) is 8.27. The molecule has 0 aromatic heterocycles. The molecule has 3 nitrogen and oxygen atoms in total. The number of aldehydes is 1. The van der Waals surface area contributed by atoms with Gasteiger partial charge in [-0.15, -0.1) is 0 Å². The third kappa shape index (κ3) is 1.05. The standard InChI is InChI=1S/C8H12O3/c1-4-5(2)8(11)6(3-9)7(4)10/h3-5,7,10-11H,1-2H3. The Kier molecular flexibility index (Phi) is 2.00. The largest absolute Gasteiger partial charge is 0.512 e. The molecule has 0 spiro atoms. The molecule has 0 saturated heterocycles. The van der Waals surface area contributed by atoms with Crippen LogP contribution >= 0.6 is 0 Å². The summed E-state index contributed by atoms with van der Waals surface area (Å²) in [5, 5.41) is 18.6. The molecule has 62 valence electrons. The minimum absolute atomic E-state index is 0.0417. The molecule has 0 fully saturated rings. The van der Waals surface area contributed by atoms with Gasteiger partial charge in [-0.1, -0.05) is 13.8 Å². The molecule has 0 aromatic carbocycles. The van der Waals surface area contributed by atoms with Gasteiger partial charge in [-0.3, -0.25) is 4.79 Å². The summed E-state index contributed by atoms with van der Waals surface area (Å²) in [5.41, 5.74) is 0.144. The zero-order valence-corrected chi connectivity index (χ0v) is 6.61. The van der Waals surface area contributed by atoms with E-state index in [0.717, 1.165) is 0 Å². The van der Waals surface area contributed by atoms with Gasteiger partial charge in [0.05, 0.1) is 11.7 Å². The Balaban J connectivity index is 2.97. The Bertz CT molecular complexity index is 207. The number of carbonyl (C=O) groups excluding carboxylic acids is 1. The molecular formula is C8H12O3. The first-order valence-electron chi connectivity index (χ1n) is 3.65. The Labute approximate surface area is 65.3 Å². The van der Waals surface area contributed by atoms with Crippen molar-refractivity contribution in [2.45, 2.75) is 20.0 Å². The van der Waals surface area contributed by atoms with E-state index in [2.05, 4.69) is 0 Å². The lowest BCUT2D eigenvalue weighted by Gasteiger charge is -2.12. The second kappa shape index (κ2) is 2.66. The molecule has 1 aliphatic carbocycles. The maximum absolute atomic E-state index is 10.3. The fraction of sp³-hybridized carbons (Fsp3) is 0.625. The summed E-state index contributed by atoms with van der Waals surface area (Å²) in [7, 11) is 0. The Morgan fingerprint density at radius 3 is 2.18 bits per heavy atom. The molecule has 1 aliphatic rings. The zero-order chi connectivity index (χ0) is 8.59. The lowest BCUT2D eigenvalue weighted by atomic mass is 9.97. The van der Waals surface area contributed by atoms with Crippen molar-refractivity contribution in [3.8, 4) is 0 Å². The molecule has 1 rings (SSSR count). The summed E-state index contributed by atoms with van der Waals surface area (Å²) in [6, 6.07) is 0. The van der Waals surface area contributed by atoms with Crippen LogP contribution in [0.15, 0.2) is 11.3 Å². The minimum Gasteiger partial charge on any atom is -0.512 e. The smallest absolute Gasteiger partial charge is 0.152 e. The van der Waals surface area contributed by atoms with Crippen molar-refractivity contribution >= 4 is 6.29 Å². The van der Waals surface area contributed by atoms with Crippen molar-refractivity contribution in [1.29, 1.82) is 0 Å². The summed E-state index contributed by atoms with van der Waals surface area (Å²) in [6.45, 7) is 3.60. The zero-order valence-electron chi connectivity index (χ0n) is 6.61. The van der Waals surface area contributed by atoms with Crippen LogP contribution in [-0.2, 0) is 4.79 Å². The van der Waals surface area contributed by atoms with E-state index in [0.29, 0.717) is 6.29 Å². The van der Waals surface area contributed by atoms with Gasteiger partial charge in [0.15, 0.2) is 6.29 Å². The van der Waals surface area contributed by atoms with Gasteiger partial charge in [-0.05, 0) is 5.92 Å². The molecule has 3 atom stereocenters. The van der Waals surface area contributed by atoms with E-state index in [1.54, 1.807) is 6.92 Å². The van der Waals surface area contributed by atoms with Gasteiger partial charge >= 0.3 is 0 Å². The summed E-state index contributed by atoms with van der Waals surface area (Å²) >= 11 is 0. The molecule has 0 heterocycles. The van der Waals surface area contributed by atoms with E-state index >= 15 is 0 Å². The molecule has 0 amide bonds. The van der Waals surface area contributed by atoms with Gasteiger partial charge in [0, 0.05) is 5.92 Å². The van der Waals surface area contributed by atoms with E-state index < -0.39 is 6.10 Å². The molecule has 3 heteroatoms. The lowest BCUT2D eigenvalue weighted by molar-refractivity contribution is -0.105. The van der Waals surface area contributed by atoms with Crippen LogP contribution in [0.2, 0.25) is 0 Å². The SMILES string of the molecule is CC1C(O)=C(C=O)C(O)C1C. The number of allylic oxidation sites excluding steroid dienone is 1. The summed E-state index contributed by atoms with van der Waals surface area (Å²) in [4.78, 5) is 10.3. The molecule has 2 N–H and O–H groups in total. The number of hydrogen-bond donors (Lipinski definition) is 2. The number of hydrogen-bond acceptors (Lipinski definition) is 3. The highest BCUT2D eigenvalue weighted by molar-refractivity contribution is 5.76. The molecule has 0 saturated carbocycles. The van der Waals surface area contributed by atoms with Crippen molar-refractivity contribution in [3.05, 3.63) is 11.3 Å². The lowest BCUT2D eigenvalue weighted by Crippen LogP contribution is -2.18. The fourth-order valence-corrected chi connectivity index (χ4v) is 1.35. The average molecular weight is 156 g/mol. The number of aliphatic hydroxyl groups is 2. The number of carbonyl (C=O) groups is 1. The first-order chi connectivity index (χ1) is 5.09. The van der Waals surface area contributed by atoms with Crippen molar-refractivity contribution in [1.82, 2.24) is 0 Å². The van der Waals surface area contributed by atoms with Crippen molar-refractivity contribution in [2.75, 3.05) is 0 Å². The topological polar surface area (TPSA) is 57.5 Å². The van der Waals surface area contributed by atoms with Crippen molar-refractivity contribution in [3.63, 3.8) is 0 Å². The summed E-state index contributed by atoms with van der Waals surface area (Å²) < 4.78 is 0. The number of aliphatic hydroxyl groups excluding tert-OH is 2. The Morgan fingerprint density at radius 2 is 2.00 bits per heavy atom. The van der Waals surface area contributed by atoms with Crippen LogP contribution in [0.25, 0.3) is 0 Å². The van der Waals surface area contributed by atoms with E-state index in [4.69, 9.17) is 0 Å². The van der Waals surface area contributed by atoms with Crippen LogP contribution in [-0.4, -0.2) is 22.6 Å². The summed E-state index contributed by atoms with van der Waals surface area (Å²) in [5.74, 6) is -0.125. The maximum Gasteiger partial charge on any atom is 0.152 e. The Hall–Kier alpha value is -0.830. The maximum atomic E-state index is 10.3. The van der Waals surface area contributed by atoms with Gasteiger partial charge in [-0.25, -0.2) is 0 Å². The normalized spacial score (nSPS) is 37.9. The highest BCUT2D eigenvalue weighted by atomic mass is 16.3. The van der Waals surface area contributed by atoms with E-state index in [-0.39, 0.29) is 23.2 Å².